The molecule has 8 heteroatoms. The van der Waals surface area contributed by atoms with Crippen LogP contribution in [0.4, 0.5) is 8.78 Å². The number of hydrogen-bond acceptors (Lipinski definition) is 3. The Kier molecular flexibility index (Phi) is 5.50. The lowest BCUT2D eigenvalue weighted by atomic mass is 10.2. The van der Waals surface area contributed by atoms with Crippen molar-refractivity contribution in [1.82, 2.24) is 19.2 Å². The molecular formula is C18H17ClF2N4S. The molecule has 1 aromatic heterocycles. The van der Waals surface area contributed by atoms with Gasteiger partial charge in [0.25, 0.3) is 0 Å². The third-order valence-corrected chi connectivity index (χ3v) is 4.86. The van der Waals surface area contributed by atoms with Crippen LogP contribution in [0.2, 0.25) is 5.02 Å². The first kappa shape index (κ1) is 18.7. The second kappa shape index (κ2) is 7.65. The van der Waals surface area contributed by atoms with Crippen LogP contribution in [-0.4, -0.2) is 26.3 Å². The van der Waals surface area contributed by atoms with Gasteiger partial charge < -0.3 is 4.57 Å². The van der Waals surface area contributed by atoms with E-state index in [4.69, 9.17) is 23.8 Å². The molecule has 0 unspecified atom stereocenters. The molecule has 0 atom stereocenters. The maximum atomic E-state index is 14.1. The van der Waals surface area contributed by atoms with Crippen molar-refractivity contribution in [2.45, 2.75) is 13.2 Å². The van der Waals surface area contributed by atoms with Crippen molar-refractivity contribution in [1.29, 1.82) is 0 Å². The molecule has 1 heterocycles. The minimum atomic E-state index is -0.366. The second-order valence-corrected chi connectivity index (χ2v) is 6.77. The van der Waals surface area contributed by atoms with E-state index in [0.29, 0.717) is 40.0 Å². The van der Waals surface area contributed by atoms with Gasteiger partial charge >= 0.3 is 0 Å². The summed E-state index contributed by atoms with van der Waals surface area (Å²) < 4.78 is 31.7. The normalized spacial score (nSPS) is 11.3. The molecule has 0 saturated carbocycles. The van der Waals surface area contributed by atoms with Gasteiger partial charge in [-0.05, 0) is 43.5 Å². The molecule has 0 spiro atoms. The Morgan fingerprint density at radius 3 is 2.50 bits per heavy atom. The van der Waals surface area contributed by atoms with Gasteiger partial charge in [-0.1, -0.05) is 29.8 Å². The lowest BCUT2D eigenvalue weighted by molar-refractivity contribution is 0.241. The SMILES string of the molecule is CN(Cc1c(F)cccc1Cl)Cn1nc(-c2ccccc2F)n(C)c1=S. The fourth-order valence-electron chi connectivity index (χ4n) is 2.69. The summed E-state index contributed by atoms with van der Waals surface area (Å²) >= 11 is 11.5. The van der Waals surface area contributed by atoms with Crippen molar-refractivity contribution in [2.24, 2.45) is 7.05 Å². The zero-order valence-electron chi connectivity index (χ0n) is 14.3. The van der Waals surface area contributed by atoms with Crippen molar-refractivity contribution in [3.63, 3.8) is 0 Å². The fraction of sp³-hybridized carbons (Fsp3) is 0.222. The van der Waals surface area contributed by atoms with E-state index in [1.165, 1.54) is 12.1 Å². The zero-order valence-corrected chi connectivity index (χ0v) is 15.9. The molecule has 0 amide bonds. The quantitative estimate of drug-likeness (QED) is 0.590. The average Bonchev–Trinajstić information content (AvgIpc) is 2.87. The van der Waals surface area contributed by atoms with E-state index in [1.54, 1.807) is 46.6 Å². The molecule has 0 aliphatic carbocycles. The third-order valence-electron chi connectivity index (χ3n) is 4.02. The Labute approximate surface area is 160 Å². The summed E-state index contributed by atoms with van der Waals surface area (Å²) in [5, 5.41) is 4.80. The van der Waals surface area contributed by atoms with Gasteiger partial charge in [-0.3, -0.25) is 4.90 Å². The highest BCUT2D eigenvalue weighted by Crippen LogP contribution is 2.22. The topological polar surface area (TPSA) is 26.0 Å². The summed E-state index contributed by atoms with van der Waals surface area (Å²) in [4.78, 5) is 1.83. The number of hydrogen-bond donors (Lipinski definition) is 0. The molecule has 2 aromatic carbocycles. The van der Waals surface area contributed by atoms with Crippen LogP contribution in [0, 0.1) is 16.4 Å². The monoisotopic (exact) mass is 394 g/mol. The van der Waals surface area contributed by atoms with E-state index in [0.717, 1.165) is 0 Å². The molecule has 0 saturated heterocycles. The molecule has 0 fully saturated rings. The van der Waals surface area contributed by atoms with E-state index < -0.39 is 0 Å². The minimum Gasteiger partial charge on any atom is -0.303 e. The highest BCUT2D eigenvalue weighted by atomic mass is 35.5. The molecule has 0 radical (unpaired) electrons. The lowest BCUT2D eigenvalue weighted by Gasteiger charge is -2.17. The van der Waals surface area contributed by atoms with Crippen LogP contribution in [-0.2, 0) is 20.3 Å². The third kappa shape index (κ3) is 3.70. The highest BCUT2D eigenvalue weighted by molar-refractivity contribution is 7.71. The summed E-state index contributed by atoms with van der Waals surface area (Å²) in [7, 11) is 3.54. The van der Waals surface area contributed by atoms with Crippen LogP contribution in [0.15, 0.2) is 42.5 Å². The Hall–Kier alpha value is -2.09. The van der Waals surface area contributed by atoms with Crippen LogP contribution in [0.25, 0.3) is 11.4 Å². The zero-order chi connectivity index (χ0) is 18.8. The summed E-state index contributed by atoms with van der Waals surface area (Å²) in [6.07, 6.45) is 0. The molecule has 4 nitrogen and oxygen atoms in total. The lowest BCUT2D eigenvalue weighted by Crippen LogP contribution is -2.23. The Morgan fingerprint density at radius 1 is 1.12 bits per heavy atom. The van der Waals surface area contributed by atoms with Gasteiger partial charge in [0, 0.05) is 24.2 Å². The molecular weight excluding hydrogens is 378 g/mol. The van der Waals surface area contributed by atoms with Crippen LogP contribution in [0.1, 0.15) is 5.56 Å². The maximum Gasteiger partial charge on any atom is 0.199 e. The molecule has 136 valence electrons. The van der Waals surface area contributed by atoms with E-state index >= 15 is 0 Å². The molecule has 3 aromatic rings. The average molecular weight is 395 g/mol. The largest absolute Gasteiger partial charge is 0.303 e. The van der Waals surface area contributed by atoms with Crippen LogP contribution < -0.4 is 0 Å². The van der Waals surface area contributed by atoms with Crippen molar-refractivity contribution in [3.05, 3.63) is 69.5 Å². The summed E-state index contributed by atoms with van der Waals surface area (Å²) in [6, 6.07) is 11.0. The van der Waals surface area contributed by atoms with Gasteiger partial charge in [0.15, 0.2) is 10.6 Å². The van der Waals surface area contributed by atoms with Crippen LogP contribution >= 0.6 is 23.8 Å². The molecule has 0 aliphatic heterocycles. The molecule has 0 N–H and O–H groups in total. The first-order valence-electron chi connectivity index (χ1n) is 7.88. The Balaban J connectivity index is 1.86. The van der Waals surface area contributed by atoms with E-state index in [2.05, 4.69) is 5.10 Å². The predicted molar refractivity (Wildman–Crippen MR) is 100 cm³/mol. The smallest absolute Gasteiger partial charge is 0.199 e. The summed E-state index contributed by atoms with van der Waals surface area (Å²) in [5.74, 6) is -0.291. The Morgan fingerprint density at radius 2 is 1.81 bits per heavy atom. The standard InChI is InChI=1S/C18H17ClF2N4S/c1-23(10-13-14(19)7-5-9-16(13)21)11-25-18(26)24(2)17(22-25)12-6-3-4-8-15(12)20/h3-9H,10-11H2,1-2H3. The van der Waals surface area contributed by atoms with Crippen molar-refractivity contribution in [2.75, 3.05) is 7.05 Å². The van der Waals surface area contributed by atoms with Gasteiger partial charge in [0.05, 0.1) is 12.2 Å². The number of halogens is 3. The van der Waals surface area contributed by atoms with E-state index in [-0.39, 0.29) is 11.6 Å². The van der Waals surface area contributed by atoms with Crippen molar-refractivity contribution >= 4 is 23.8 Å². The minimum absolute atomic E-state index is 0.291. The highest BCUT2D eigenvalue weighted by Gasteiger charge is 2.15. The molecule has 26 heavy (non-hydrogen) atoms. The number of benzene rings is 2. The number of aromatic nitrogens is 3. The summed E-state index contributed by atoms with van der Waals surface area (Å²) in [5.41, 5.74) is 0.785. The van der Waals surface area contributed by atoms with E-state index in [9.17, 15) is 8.78 Å². The van der Waals surface area contributed by atoms with Crippen LogP contribution in [0.5, 0.6) is 0 Å². The first-order chi connectivity index (χ1) is 12.4. The molecule has 3 rings (SSSR count). The number of nitrogens with zero attached hydrogens (tertiary/aromatic N) is 4. The van der Waals surface area contributed by atoms with Gasteiger partial charge in [0.1, 0.15) is 11.6 Å². The van der Waals surface area contributed by atoms with Crippen molar-refractivity contribution < 1.29 is 8.78 Å². The maximum absolute atomic E-state index is 14.1. The molecule has 0 aliphatic rings. The van der Waals surface area contributed by atoms with E-state index in [1.807, 2.05) is 11.9 Å². The second-order valence-electron chi connectivity index (χ2n) is 6.00. The van der Waals surface area contributed by atoms with Gasteiger partial charge in [-0.15, -0.1) is 0 Å². The summed E-state index contributed by atoms with van der Waals surface area (Å²) in [6.45, 7) is 0.602. The Bertz CT molecular complexity index is 979. The van der Waals surface area contributed by atoms with Gasteiger partial charge in [-0.2, -0.15) is 5.10 Å². The first-order valence-corrected chi connectivity index (χ1v) is 8.67. The van der Waals surface area contributed by atoms with Crippen molar-refractivity contribution in [3.8, 4) is 11.4 Å². The molecule has 0 bridgehead atoms. The van der Waals surface area contributed by atoms with Crippen LogP contribution in [0.3, 0.4) is 0 Å². The van der Waals surface area contributed by atoms with Gasteiger partial charge in [0.2, 0.25) is 0 Å². The van der Waals surface area contributed by atoms with Gasteiger partial charge in [-0.25, -0.2) is 13.5 Å². The fourth-order valence-corrected chi connectivity index (χ4v) is 3.10. The predicted octanol–water partition coefficient (Wildman–Crippen LogP) is 4.64. The number of rotatable bonds is 5.